The molecule has 1 unspecified atom stereocenters. The van der Waals surface area contributed by atoms with E-state index in [0.717, 1.165) is 10.9 Å². The Balaban J connectivity index is 2.14. The number of halogens is 1. The molecule has 1 atom stereocenters. The summed E-state index contributed by atoms with van der Waals surface area (Å²) in [5, 5.41) is 2.06. The van der Waals surface area contributed by atoms with Crippen LogP contribution in [0.15, 0.2) is 40.2 Å². The third kappa shape index (κ3) is 2.73. The molecule has 2 N–H and O–H groups in total. The summed E-state index contributed by atoms with van der Waals surface area (Å²) in [6, 6.07) is 10.7. The van der Waals surface area contributed by atoms with Gasteiger partial charge >= 0.3 is 0 Å². The summed E-state index contributed by atoms with van der Waals surface area (Å²) in [4.78, 5) is 1.22. The molecule has 3 heteroatoms. The molecule has 0 fully saturated rings. The zero-order valence-corrected chi connectivity index (χ0v) is 11.5. The Morgan fingerprint density at radius 3 is 2.81 bits per heavy atom. The summed E-state index contributed by atoms with van der Waals surface area (Å²) in [6.45, 7) is 2.11. The maximum atomic E-state index is 6.20. The molecule has 0 spiro atoms. The molecule has 0 saturated carbocycles. The van der Waals surface area contributed by atoms with Gasteiger partial charge < -0.3 is 5.73 Å². The first-order valence-corrected chi connectivity index (χ1v) is 6.88. The Hall–Kier alpha value is -0.640. The van der Waals surface area contributed by atoms with Crippen LogP contribution in [-0.2, 0) is 6.42 Å². The highest BCUT2D eigenvalue weighted by atomic mass is 79.9. The molecule has 2 aromatic rings. The fourth-order valence-electron chi connectivity index (χ4n) is 1.76. The minimum absolute atomic E-state index is 0.0798. The first kappa shape index (κ1) is 11.8. The first-order valence-electron chi connectivity index (χ1n) is 5.21. The van der Waals surface area contributed by atoms with Crippen molar-refractivity contribution in [2.45, 2.75) is 19.4 Å². The van der Waals surface area contributed by atoms with Crippen LogP contribution < -0.4 is 5.73 Å². The van der Waals surface area contributed by atoms with Crippen molar-refractivity contribution >= 4 is 27.3 Å². The fourth-order valence-corrected chi connectivity index (χ4v) is 3.43. The maximum Gasteiger partial charge on any atom is 0.0442 e. The molecule has 0 aliphatic carbocycles. The van der Waals surface area contributed by atoms with Gasteiger partial charge in [0.1, 0.15) is 0 Å². The number of hydrogen-bond donors (Lipinski definition) is 1. The van der Waals surface area contributed by atoms with Crippen molar-refractivity contribution in [2.24, 2.45) is 5.73 Å². The van der Waals surface area contributed by atoms with Gasteiger partial charge in [0.15, 0.2) is 0 Å². The van der Waals surface area contributed by atoms with Crippen LogP contribution in [0.2, 0.25) is 0 Å². The summed E-state index contributed by atoms with van der Waals surface area (Å²) in [6.07, 6.45) is 0.890. The average Bonchev–Trinajstić information content (AvgIpc) is 2.64. The Morgan fingerprint density at radius 2 is 2.19 bits per heavy atom. The summed E-state index contributed by atoms with van der Waals surface area (Å²) < 4.78 is 1.12. The third-order valence-electron chi connectivity index (χ3n) is 2.52. The molecule has 84 valence electrons. The van der Waals surface area contributed by atoms with Gasteiger partial charge in [-0.2, -0.15) is 0 Å². The van der Waals surface area contributed by atoms with Gasteiger partial charge in [-0.3, -0.25) is 0 Å². The number of rotatable bonds is 3. The number of benzene rings is 1. The topological polar surface area (TPSA) is 26.0 Å². The van der Waals surface area contributed by atoms with Gasteiger partial charge in [-0.05, 0) is 46.3 Å². The van der Waals surface area contributed by atoms with Gasteiger partial charge in [-0.25, -0.2) is 0 Å². The summed E-state index contributed by atoms with van der Waals surface area (Å²) in [7, 11) is 0. The highest BCUT2D eigenvalue weighted by Crippen LogP contribution is 2.29. The second kappa shape index (κ2) is 5.13. The van der Waals surface area contributed by atoms with E-state index in [9.17, 15) is 0 Å². The Morgan fingerprint density at radius 1 is 1.38 bits per heavy atom. The maximum absolute atomic E-state index is 6.20. The third-order valence-corrected chi connectivity index (χ3v) is 4.52. The SMILES string of the molecule is Cc1cccc(CC(N)c2sccc2Br)c1. The summed E-state index contributed by atoms with van der Waals surface area (Å²) in [5.74, 6) is 0. The Kier molecular flexibility index (Phi) is 3.79. The molecular weight excluding hydrogens is 282 g/mol. The highest BCUT2D eigenvalue weighted by Gasteiger charge is 2.11. The zero-order chi connectivity index (χ0) is 11.5. The molecule has 0 saturated heterocycles. The molecule has 1 aromatic heterocycles. The molecule has 0 bridgehead atoms. The van der Waals surface area contributed by atoms with E-state index in [1.165, 1.54) is 16.0 Å². The van der Waals surface area contributed by atoms with Crippen LogP contribution in [-0.4, -0.2) is 0 Å². The molecule has 1 aromatic carbocycles. The van der Waals surface area contributed by atoms with Crippen molar-refractivity contribution in [3.8, 4) is 0 Å². The Labute approximate surface area is 108 Å². The monoisotopic (exact) mass is 295 g/mol. The van der Waals surface area contributed by atoms with Gasteiger partial charge in [0.25, 0.3) is 0 Å². The lowest BCUT2D eigenvalue weighted by molar-refractivity contribution is 0.733. The minimum Gasteiger partial charge on any atom is -0.323 e. The van der Waals surface area contributed by atoms with Crippen molar-refractivity contribution in [1.82, 2.24) is 0 Å². The second-order valence-corrected chi connectivity index (χ2v) is 5.73. The smallest absolute Gasteiger partial charge is 0.0442 e. The van der Waals surface area contributed by atoms with E-state index < -0.39 is 0 Å². The van der Waals surface area contributed by atoms with Gasteiger partial charge in [-0.1, -0.05) is 29.8 Å². The number of thiophene rings is 1. The van der Waals surface area contributed by atoms with Crippen LogP contribution in [0.1, 0.15) is 22.0 Å². The molecule has 16 heavy (non-hydrogen) atoms. The number of nitrogens with two attached hydrogens (primary N) is 1. The van der Waals surface area contributed by atoms with Gasteiger partial charge in [0, 0.05) is 15.4 Å². The fraction of sp³-hybridized carbons (Fsp3) is 0.231. The zero-order valence-electron chi connectivity index (χ0n) is 9.11. The van der Waals surface area contributed by atoms with Crippen molar-refractivity contribution in [2.75, 3.05) is 0 Å². The summed E-state index contributed by atoms with van der Waals surface area (Å²) in [5.41, 5.74) is 8.79. The van der Waals surface area contributed by atoms with E-state index >= 15 is 0 Å². The van der Waals surface area contributed by atoms with Crippen molar-refractivity contribution in [3.63, 3.8) is 0 Å². The van der Waals surface area contributed by atoms with Crippen LogP contribution >= 0.6 is 27.3 Å². The van der Waals surface area contributed by atoms with Gasteiger partial charge in [0.2, 0.25) is 0 Å². The predicted molar refractivity (Wildman–Crippen MR) is 73.8 cm³/mol. The lowest BCUT2D eigenvalue weighted by Crippen LogP contribution is -2.12. The number of hydrogen-bond acceptors (Lipinski definition) is 2. The van der Waals surface area contributed by atoms with E-state index in [2.05, 4.69) is 58.6 Å². The molecule has 0 amide bonds. The van der Waals surface area contributed by atoms with Crippen LogP contribution in [0.5, 0.6) is 0 Å². The van der Waals surface area contributed by atoms with E-state index in [1.54, 1.807) is 11.3 Å². The Bertz CT molecular complexity index is 478. The van der Waals surface area contributed by atoms with Crippen LogP contribution in [0.3, 0.4) is 0 Å². The van der Waals surface area contributed by atoms with Crippen molar-refractivity contribution in [1.29, 1.82) is 0 Å². The summed E-state index contributed by atoms with van der Waals surface area (Å²) >= 11 is 5.23. The molecule has 0 radical (unpaired) electrons. The molecular formula is C13H14BrNS. The molecule has 2 rings (SSSR count). The van der Waals surface area contributed by atoms with Crippen molar-refractivity contribution < 1.29 is 0 Å². The van der Waals surface area contributed by atoms with Gasteiger partial charge in [-0.15, -0.1) is 11.3 Å². The highest BCUT2D eigenvalue weighted by molar-refractivity contribution is 9.10. The first-order chi connectivity index (χ1) is 7.66. The lowest BCUT2D eigenvalue weighted by Gasteiger charge is -2.11. The van der Waals surface area contributed by atoms with E-state index in [1.807, 2.05) is 0 Å². The average molecular weight is 296 g/mol. The molecule has 0 aliphatic heterocycles. The largest absolute Gasteiger partial charge is 0.323 e. The van der Waals surface area contributed by atoms with Crippen LogP contribution in [0.4, 0.5) is 0 Å². The van der Waals surface area contributed by atoms with E-state index in [-0.39, 0.29) is 6.04 Å². The van der Waals surface area contributed by atoms with E-state index in [4.69, 9.17) is 5.73 Å². The second-order valence-electron chi connectivity index (χ2n) is 3.93. The van der Waals surface area contributed by atoms with E-state index in [0.29, 0.717) is 0 Å². The van der Waals surface area contributed by atoms with Crippen LogP contribution in [0.25, 0.3) is 0 Å². The van der Waals surface area contributed by atoms with Gasteiger partial charge in [0.05, 0.1) is 0 Å². The molecule has 1 nitrogen and oxygen atoms in total. The lowest BCUT2D eigenvalue weighted by atomic mass is 10.0. The minimum atomic E-state index is 0.0798. The van der Waals surface area contributed by atoms with Crippen LogP contribution in [0, 0.1) is 6.92 Å². The standard InChI is InChI=1S/C13H14BrNS/c1-9-3-2-4-10(7-9)8-12(15)13-11(14)5-6-16-13/h2-7,12H,8,15H2,1H3. The quantitative estimate of drug-likeness (QED) is 0.908. The predicted octanol–water partition coefficient (Wildman–Crippen LogP) is 4.06. The normalized spacial score (nSPS) is 12.7. The van der Waals surface area contributed by atoms with Crippen molar-refractivity contribution in [3.05, 3.63) is 56.2 Å². The molecule has 0 aliphatic rings. The molecule has 1 heterocycles. The number of aryl methyl sites for hydroxylation is 1.